The Hall–Kier alpha value is -2.13. The summed E-state index contributed by atoms with van der Waals surface area (Å²) in [6, 6.07) is 20.4. The Bertz CT molecular complexity index is 583. The fourth-order valence-corrected chi connectivity index (χ4v) is 2.69. The van der Waals surface area contributed by atoms with Crippen molar-refractivity contribution in [1.29, 1.82) is 0 Å². The highest BCUT2D eigenvalue weighted by Crippen LogP contribution is 2.11. The maximum atomic E-state index is 12.3. The second-order valence-corrected chi connectivity index (χ2v) is 5.90. The zero-order chi connectivity index (χ0) is 16.5. The number of carbonyl (C=O) groups excluding carboxylic acids is 1. The summed E-state index contributed by atoms with van der Waals surface area (Å²) in [6.07, 6.45) is 1.04. The van der Waals surface area contributed by atoms with Crippen LogP contribution in [-0.2, 0) is 11.3 Å². The molecule has 1 unspecified atom stereocenters. The summed E-state index contributed by atoms with van der Waals surface area (Å²) in [6.45, 7) is 6.32. The molecular weight excluding hydrogens is 284 g/mol. The second-order valence-electron chi connectivity index (χ2n) is 5.90. The number of hydrogen-bond acceptors (Lipinski definition) is 2. The number of rotatable bonds is 8. The lowest BCUT2D eigenvalue weighted by molar-refractivity contribution is -0.123. The smallest absolute Gasteiger partial charge is 0.234 e. The summed E-state index contributed by atoms with van der Waals surface area (Å²) in [5, 5.41) is 3.09. The Balaban J connectivity index is 1.90. The maximum Gasteiger partial charge on any atom is 0.234 e. The van der Waals surface area contributed by atoms with Crippen LogP contribution in [0.5, 0.6) is 0 Å². The molecule has 0 spiro atoms. The molecule has 0 aliphatic carbocycles. The van der Waals surface area contributed by atoms with Crippen LogP contribution in [0.4, 0.5) is 0 Å². The van der Waals surface area contributed by atoms with E-state index >= 15 is 0 Å². The highest BCUT2D eigenvalue weighted by molar-refractivity contribution is 5.78. The minimum absolute atomic E-state index is 0.0314. The van der Waals surface area contributed by atoms with Gasteiger partial charge in [0, 0.05) is 6.54 Å². The summed E-state index contributed by atoms with van der Waals surface area (Å²) in [5.41, 5.74) is 2.37. The van der Waals surface area contributed by atoms with Gasteiger partial charge < -0.3 is 5.32 Å². The third-order valence-electron chi connectivity index (χ3n) is 3.83. The number of nitrogens with one attached hydrogen (secondary N) is 1. The van der Waals surface area contributed by atoms with Crippen molar-refractivity contribution in [3.63, 3.8) is 0 Å². The van der Waals surface area contributed by atoms with Gasteiger partial charge in [0.2, 0.25) is 5.91 Å². The fraction of sp³-hybridized carbons (Fsp3) is 0.350. The molecule has 0 bridgehead atoms. The number of hydrogen-bond donors (Lipinski definition) is 1. The van der Waals surface area contributed by atoms with Crippen molar-refractivity contribution in [3.05, 3.63) is 71.8 Å². The first-order valence-electron chi connectivity index (χ1n) is 8.29. The first-order chi connectivity index (χ1) is 11.2. The van der Waals surface area contributed by atoms with Crippen LogP contribution in [0.15, 0.2) is 60.7 Å². The number of nitrogens with zero attached hydrogens (tertiary/aromatic N) is 1. The van der Waals surface area contributed by atoms with Crippen LogP contribution in [-0.4, -0.2) is 23.9 Å². The van der Waals surface area contributed by atoms with Gasteiger partial charge in [0.15, 0.2) is 0 Å². The number of carbonyl (C=O) groups is 1. The summed E-state index contributed by atoms with van der Waals surface area (Å²) >= 11 is 0. The van der Waals surface area contributed by atoms with Gasteiger partial charge in [-0.05, 0) is 31.0 Å². The molecule has 23 heavy (non-hydrogen) atoms. The van der Waals surface area contributed by atoms with Crippen molar-refractivity contribution < 1.29 is 4.79 Å². The second kappa shape index (κ2) is 9.11. The predicted molar refractivity (Wildman–Crippen MR) is 95.0 cm³/mol. The van der Waals surface area contributed by atoms with Crippen LogP contribution in [0.2, 0.25) is 0 Å². The van der Waals surface area contributed by atoms with Gasteiger partial charge in [0.1, 0.15) is 0 Å². The molecule has 122 valence electrons. The Labute approximate surface area is 139 Å². The van der Waals surface area contributed by atoms with E-state index in [4.69, 9.17) is 0 Å². The van der Waals surface area contributed by atoms with Crippen LogP contribution in [0.25, 0.3) is 0 Å². The Morgan fingerprint density at radius 1 is 1.04 bits per heavy atom. The van der Waals surface area contributed by atoms with Gasteiger partial charge in [-0.1, -0.05) is 67.6 Å². The molecule has 0 aromatic heterocycles. The van der Waals surface area contributed by atoms with E-state index in [1.54, 1.807) is 0 Å². The van der Waals surface area contributed by atoms with Crippen LogP contribution < -0.4 is 5.32 Å². The average molecular weight is 310 g/mol. The van der Waals surface area contributed by atoms with Crippen LogP contribution >= 0.6 is 0 Å². The fourth-order valence-electron chi connectivity index (χ4n) is 2.69. The third kappa shape index (κ3) is 5.87. The molecule has 0 saturated heterocycles. The van der Waals surface area contributed by atoms with Crippen LogP contribution in [0, 0.1) is 0 Å². The molecule has 3 heteroatoms. The van der Waals surface area contributed by atoms with E-state index in [1.165, 1.54) is 5.56 Å². The van der Waals surface area contributed by atoms with Gasteiger partial charge in [-0.2, -0.15) is 0 Å². The van der Waals surface area contributed by atoms with E-state index < -0.39 is 0 Å². The Kier molecular flexibility index (Phi) is 6.82. The molecule has 0 saturated carbocycles. The van der Waals surface area contributed by atoms with E-state index in [-0.39, 0.29) is 11.9 Å². The largest absolute Gasteiger partial charge is 0.348 e. The van der Waals surface area contributed by atoms with Crippen molar-refractivity contribution in [3.8, 4) is 0 Å². The lowest BCUT2D eigenvalue weighted by Gasteiger charge is -2.23. The van der Waals surface area contributed by atoms with E-state index in [0.717, 1.165) is 25.1 Å². The standard InChI is InChI=1S/C20H26N2O/c1-3-14-22(15-18-10-6-4-7-11-18)16-20(23)21-17(2)19-12-8-5-9-13-19/h4-13,17H,3,14-16H2,1-2H3,(H,21,23). The van der Waals surface area contributed by atoms with Gasteiger partial charge in [-0.25, -0.2) is 0 Å². The molecule has 0 aliphatic heterocycles. The molecule has 2 aromatic rings. The first kappa shape index (κ1) is 17.2. The van der Waals surface area contributed by atoms with Gasteiger partial charge in [0.05, 0.1) is 12.6 Å². The normalized spacial score (nSPS) is 12.1. The van der Waals surface area contributed by atoms with Crippen molar-refractivity contribution in [2.45, 2.75) is 32.9 Å². The van der Waals surface area contributed by atoms with Crippen molar-refractivity contribution >= 4 is 5.91 Å². The van der Waals surface area contributed by atoms with Gasteiger partial charge in [0.25, 0.3) is 0 Å². The predicted octanol–water partition coefficient (Wildman–Crippen LogP) is 3.78. The average Bonchev–Trinajstić information content (AvgIpc) is 2.56. The molecule has 0 fully saturated rings. The number of amides is 1. The molecule has 2 aromatic carbocycles. The van der Waals surface area contributed by atoms with E-state index in [9.17, 15) is 4.79 Å². The molecule has 0 radical (unpaired) electrons. The molecular formula is C20H26N2O. The lowest BCUT2D eigenvalue weighted by Crippen LogP contribution is -2.38. The van der Waals surface area contributed by atoms with Crippen molar-refractivity contribution in [2.24, 2.45) is 0 Å². The minimum atomic E-state index is 0.0314. The molecule has 1 atom stereocenters. The first-order valence-corrected chi connectivity index (χ1v) is 8.29. The zero-order valence-electron chi connectivity index (χ0n) is 14.0. The molecule has 1 amide bonds. The van der Waals surface area contributed by atoms with Crippen LogP contribution in [0.1, 0.15) is 37.4 Å². The third-order valence-corrected chi connectivity index (χ3v) is 3.83. The van der Waals surface area contributed by atoms with E-state index in [1.807, 2.05) is 55.5 Å². The maximum absolute atomic E-state index is 12.3. The highest BCUT2D eigenvalue weighted by Gasteiger charge is 2.13. The van der Waals surface area contributed by atoms with Gasteiger partial charge >= 0.3 is 0 Å². The highest BCUT2D eigenvalue weighted by atomic mass is 16.2. The van der Waals surface area contributed by atoms with Crippen molar-refractivity contribution in [1.82, 2.24) is 10.2 Å². The molecule has 0 aliphatic rings. The van der Waals surface area contributed by atoms with E-state index in [0.29, 0.717) is 6.54 Å². The molecule has 1 N–H and O–H groups in total. The van der Waals surface area contributed by atoms with Crippen LogP contribution in [0.3, 0.4) is 0 Å². The number of benzene rings is 2. The molecule has 3 nitrogen and oxygen atoms in total. The van der Waals surface area contributed by atoms with Crippen molar-refractivity contribution in [2.75, 3.05) is 13.1 Å². The zero-order valence-corrected chi connectivity index (χ0v) is 14.0. The minimum Gasteiger partial charge on any atom is -0.348 e. The topological polar surface area (TPSA) is 32.3 Å². The summed E-state index contributed by atoms with van der Waals surface area (Å²) in [4.78, 5) is 14.5. The Morgan fingerprint density at radius 3 is 2.26 bits per heavy atom. The van der Waals surface area contributed by atoms with E-state index in [2.05, 4.69) is 29.3 Å². The van der Waals surface area contributed by atoms with Gasteiger partial charge in [-0.15, -0.1) is 0 Å². The summed E-state index contributed by atoms with van der Waals surface area (Å²) < 4.78 is 0. The SMILES string of the molecule is CCCN(CC(=O)NC(C)c1ccccc1)Cc1ccccc1. The lowest BCUT2D eigenvalue weighted by atomic mass is 10.1. The molecule has 0 heterocycles. The quantitative estimate of drug-likeness (QED) is 0.805. The van der Waals surface area contributed by atoms with Gasteiger partial charge in [-0.3, -0.25) is 9.69 Å². The monoisotopic (exact) mass is 310 g/mol. The Morgan fingerprint density at radius 2 is 1.65 bits per heavy atom. The molecule has 2 rings (SSSR count). The summed E-state index contributed by atoms with van der Waals surface area (Å²) in [7, 11) is 0. The summed E-state index contributed by atoms with van der Waals surface area (Å²) in [5.74, 6) is 0.0748.